The number of amides is 2. The van der Waals surface area contributed by atoms with Gasteiger partial charge in [-0.2, -0.15) is 0 Å². The Balaban J connectivity index is 2.68. The average molecular weight is 320 g/mol. The average Bonchev–Trinajstić information content (AvgIpc) is 2.45. The molecule has 0 unspecified atom stereocenters. The molecule has 1 aromatic carbocycles. The predicted octanol–water partition coefficient (Wildman–Crippen LogP) is 3.21. The second-order valence-corrected chi connectivity index (χ2v) is 6.87. The predicted molar refractivity (Wildman–Crippen MR) is 92.5 cm³/mol. The maximum absolute atomic E-state index is 12.4. The molecule has 23 heavy (non-hydrogen) atoms. The first kappa shape index (κ1) is 19.0. The molecule has 0 atom stereocenters. The zero-order chi connectivity index (χ0) is 17.6. The summed E-state index contributed by atoms with van der Waals surface area (Å²) in [4.78, 5) is 24.6. The number of nitrogens with one attached hydrogen (secondary N) is 2. The fourth-order valence-corrected chi connectivity index (χ4v) is 1.80. The third-order valence-electron chi connectivity index (χ3n) is 3.29. The second-order valence-electron chi connectivity index (χ2n) is 6.87. The van der Waals surface area contributed by atoms with Crippen molar-refractivity contribution in [3.63, 3.8) is 0 Å². The van der Waals surface area contributed by atoms with E-state index in [-0.39, 0.29) is 17.9 Å². The number of ether oxygens (including phenoxy) is 1. The summed E-state index contributed by atoms with van der Waals surface area (Å²) >= 11 is 0. The van der Waals surface area contributed by atoms with Crippen LogP contribution in [0.1, 0.15) is 41.5 Å². The van der Waals surface area contributed by atoms with Gasteiger partial charge in [-0.3, -0.25) is 9.59 Å². The lowest BCUT2D eigenvalue weighted by atomic mass is 9.90. The van der Waals surface area contributed by atoms with Crippen LogP contribution in [0.15, 0.2) is 24.3 Å². The Bertz CT molecular complexity index is 534. The highest BCUT2D eigenvalue weighted by molar-refractivity contribution is 6.09. The van der Waals surface area contributed by atoms with Crippen molar-refractivity contribution >= 4 is 17.5 Å². The van der Waals surface area contributed by atoms with Gasteiger partial charge in [0.25, 0.3) is 0 Å². The number of benzene rings is 1. The minimum absolute atomic E-state index is 0.0963. The number of rotatable bonds is 7. The van der Waals surface area contributed by atoms with Gasteiger partial charge in [0.1, 0.15) is 11.2 Å². The van der Waals surface area contributed by atoms with Gasteiger partial charge in [0.05, 0.1) is 6.10 Å². The third-order valence-corrected chi connectivity index (χ3v) is 3.29. The molecule has 5 heteroatoms. The molecule has 1 rings (SSSR count). The van der Waals surface area contributed by atoms with Crippen molar-refractivity contribution in [1.29, 1.82) is 0 Å². The van der Waals surface area contributed by atoms with Crippen LogP contribution in [0.5, 0.6) is 5.75 Å². The monoisotopic (exact) mass is 320 g/mol. The van der Waals surface area contributed by atoms with Crippen molar-refractivity contribution in [2.75, 3.05) is 11.9 Å². The first-order valence-corrected chi connectivity index (χ1v) is 7.99. The molecule has 0 radical (unpaired) electrons. The normalized spacial score (nSPS) is 11.5. The van der Waals surface area contributed by atoms with E-state index in [2.05, 4.69) is 10.6 Å². The zero-order valence-electron chi connectivity index (χ0n) is 14.9. The fourth-order valence-electron chi connectivity index (χ4n) is 1.80. The molecule has 5 nitrogen and oxygen atoms in total. The van der Waals surface area contributed by atoms with Crippen molar-refractivity contribution in [2.45, 2.75) is 47.6 Å². The Kier molecular flexibility index (Phi) is 6.61. The van der Waals surface area contributed by atoms with Gasteiger partial charge in [-0.15, -0.1) is 0 Å². The van der Waals surface area contributed by atoms with Gasteiger partial charge in [-0.05, 0) is 57.9 Å². The quantitative estimate of drug-likeness (QED) is 0.758. The van der Waals surface area contributed by atoms with E-state index >= 15 is 0 Å². The van der Waals surface area contributed by atoms with Crippen LogP contribution in [0.3, 0.4) is 0 Å². The summed E-state index contributed by atoms with van der Waals surface area (Å²) in [5.74, 6) is 0.470. The van der Waals surface area contributed by atoms with Crippen LogP contribution in [0.25, 0.3) is 0 Å². The minimum atomic E-state index is -1.14. The Morgan fingerprint density at radius 2 is 1.61 bits per heavy atom. The molecule has 0 bridgehead atoms. The van der Waals surface area contributed by atoms with Crippen molar-refractivity contribution in [3.05, 3.63) is 24.3 Å². The summed E-state index contributed by atoms with van der Waals surface area (Å²) in [6.45, 7) is 11.7. The highest BCUT2D eigenvalue weighted by atomic mass is 16.5. The smallest absolute Gasteiger partial charge is 0.239 e. The molecule has 0 saturated carbocycles. The van der Waals surface area contributed by atoms with Gasteiger partial charge in [-0.25, -0.2) is 0 Å². The first-order chi connectivity index (χ1) is 10.6. The largest absolute Gasteiger partial charge is 0.491 e. The lowest BCUT2D eigenvalue weighted by molar-refractivity contribution is -0.138. The Morgan fingerprint density at radius 3 is 2.09 bits per heavy atom. The summed E-state index contributed by atoms with van der Waals surface area (Å²) in [6, 6.07) is 7.11. The number of carbonyl (C=O) groups is 2. The maximum atomic E-state index is 12.4. The van der Waals surface area contributed by atoms with Crippen molar-refractivity contribution < 1.29 is 14.3 Å². The Labute approximate surface area is 138 Å². The molecule has 1 aromatic rings. The van der Waals surface area contributed by atoms with Gasteiger partial charge >= 0.3 is 0 Å². The van der Waals surface area contributed by atoms with E-state index < -0.39 is 5.41 Å². The summed E-state index contributed by atoms with van der Waals surface area (Å²) in [7, 11) is 0. The summed E-state index contributed by atoms with van der Waals surface area (Å²) in [5, 5.41) is 5.58. The van der Waals surface area contributed by atoms with Gasteiger partial charge < -0.3 is 15.4 Å². The van der Waals surface area contributed by atoms with Crippen molar-refractivity contribution in [2.24, 2.45) is 11.3 Å². The van der Waals surface area contributed by atoms with E-state index in [1.54, 1.807) is 38.1 Å². The fraction of sp³-hybridized carbons (Fsp3) is 0.556. The van der Waals surface area contributed by atoms with Crippen LogP contribution in [0.2, 0.25) is 0 Å². The molecule has 0 aliphatic heterocycles. The molecule has 0 heterocycles. The number of carbonyl (C=O) groups excluding carboxylic acids is 2. The molecule has 0 aliphatic carbocycles. The van der Waals surface area contributed by atoms with Crippen LogP contribution >= 0.6 is 0 Å². The summed E-state index contributed by atoms with van der Waals surface area (Å²) < 4.78 is 5.56. The van der Waals surface area contributed by atoms with Gasteiger partial charge in [0.15, 0.2) is 0 Å². The lowest BCUT2D eigenvalue weighted by Gasteiger charge is -2.23. The molecular weight excluding hydrogens is 292 g/mol. The molecule has 128 valence electrons. The summed E-state index contributed by atoms with van der Waals surface area (Å²) in [5.41, 5.74) is -0.502. The lowest BCUT2D eigenvalue weighted by Crippen LogP contribution is -2.46. The van der Waals surface area contributed by atoms with E-state index in [1.807, 2.05) is 27.7 Å². The SMILES string of the molecule is CC(C)CNC(=O)C(C)(C)C(=O)Nc1ccc(OC(C)C)cc1. The zero-order valence-corrected chi connectivity index (χ0v) is 14.9. The van der Waals surface area contributed by atoms with Gasteiger partial charge in [-0.1, -0.05) is 13.8 Å². The molecule has 0 saturated heterocycles. The second kappa shape index (κ2) is 7.99. The van der Waals surface area contributed by atoms with Gasteiger partial charge in [0, 0.05) is 12.2 Å². The molecule has 0 spiro atoms. The van der Waals surface area contributed by atoms with Crippen LogP contribution in [0.4, 0.5) is 5.69 Å². The standard InChI is InChI=1S/C18H28N2O3/c1-12(2)11-19-16(21)18(5,6)17(22)20-14-7-9-15(10-8-14)23-13(3)4/h7-10,12-13H,11H2,1-6H3,(H,19,21)(H,20,22). The van der Waals surface area contributed by atoms with E-state index in [9.17, 15) is 9.59 Å². The summed E-state index contributed by atoms with van der Waals surface area (Å²) in [6.07, 6.45) is 0.0963. The van der Waals surface area contributed by atoms with E-state index in [1.165, 1.54) is 0 Å². The minimum Gasteiger partial charge on any atom is -0.491 e. The number of hydrogen-bond acceptors (Lipinski definition) is 3. The van der Waals surface area contributed by atoms with Crippen LogP contribution in [-0.4, -0.2) is 24.5 Å². The molecular formula is C18H28N2O3. The Hall–Kier alpha value is -2.04. The molecule has 0 fully saturated rings. The van der Waals surface area contributed by atoms with Gasteiger partial charge in [0.2, 0.25) is 11.8 Å². The number of anilines is 1. The molecule has 0 aliphatic rings. The van der Waals surface area contributed by atoms with Crippen LogP contribution in [-0.2, 0) is 9.59 Å². The van der Waals surface area contributed by atoms with Crippen molar-refractivity contribution in [1.82, 2.24) is 5.32 Å². The van der Waals surface area contributed by atoms with E-state index in [4.69, 9.17) is 4.74 Å². The van der Waals surface area contributed by atoms with E-state index in [0.717, 1.165) is 5.75 Å². The highest BCUT2D eigenvalue weighted by Gasteiger charge is 2.35. The maximum Gasteiger partial charge on any atom is 0.239 e. The van der Waals surface area contributed by atoms with Crippen molar-refractivity contribution in [3.8, 4) is 5.75 Å². The highest BCUT2D eigenvalue weighted by Crippen LogP contribution is 2.21. The molecule has 0 aromatic heterocycles. The third kappa shape index (κ3) is 5.93. The van der Waals surface area contributed by atoms with Crippen LogP contribution in [0, 0.1) is 11.3 Å². The molecule has 2 N–H and O–H groups in total. The molecule has 2 amide bonds. The topological polar surface area (TPSA) is 67.4 Å². The van der Waals surface area contributed by atoms with Crippen LogP contribution < -0.4 is 15.4 Å². The Morgan fingerprint density at radius 1 is 1.04 bits per heavy atom. The number of hydrogen-bond donors (Lipinski definition) is 2. The van der Waals surface area contributed by atoms with E-state index in [0.29, 0.717) is 18.2 Å². The first-order valence-electron chi connectivity index (χ1n) is 7.99.